The van der Waals surface area contributed by atoms with Crippen LogP contribution in [0.2, 0.25) is 0 Å². The molecule has 2 nitrogen and oxygen atoms in total. The van der Waals surface area contributed by atoms with Crippen molar-refractivity contribution in [1.29, 1.82) is 5.26 Å². The molecule has 0 aliphatic heterocycles. The topological polar surface area (TPSA) is 35.8 Å². The van der Waals surface area contributed by atoms with Gasteiger partial charge in [-0.2, -0.15) is 5.26 Å². The Morgan fingerprint density at radius 1 is 1.22 bits per heavy atom. The Morgan fingerprint density at radius 3 is 2.61 bits per heavy atom. The first-order chi connectivity index (χ1) is 8.60. The minimum absolute atomic E-state index is 0.646. The van der Waals surface area contributed by atoms with Crippen LogP contribution in [-0.4, -0.2) is 0 Å². The van der Waals surface area contributed by atoms with Crippen molar-refractivity contribution in [3.63, 3.8) is 0 Å². The van der Waals surface area contributed by atoms with E-state index in [9.17, 15) is 0 Å². The lowest BCUT2D eigenvalue weighted by molar-refractivity contribution is 1.18. The van der Waals surface area contributed by atoms with Crippen LogP contribution in [0.1, 0.15) is 10.4 Å². The molecule has 0 aliphatic carbocycles. The zero-order chi connectivity index (χ0) is 13.1. The average molecular weight is 451 g/mol. The maximum atomic E-state index is 9.04. The second-order valence-corrected chi connectivity index (χ2v) is 7.71. The normalized spacial score (nSPS) is 10.1. The number of benzene rings is 1. The first kappa shape index (κ1) is 14.1. The number of nitrogens with zero attached hydrogens (tertiary/aromatic N) is 1. The van der Waals surface area contributed by atoms with Crippen molar-refractivity contribution < 1.29 is 0 Å². The third-order valence-corrected chi connectivity index (χ3v) is 6.00. The molecule has 0 atom stereocenters. The molecule has 0 aliphatic rings. The van der Waals surface area contributed by atoms with E-state index in [0.717, 1.165) is 18.4 Å². The number of anilines is 1. The molecular weight excluding hydrogens is 444 g/mol. The first-order valence-electron chi connectivity index (χ1n) is 4.97. The zero-order valence-electron chi connectivity index (χ0n) is 9.01. The molecule has 0 spiro atoms. The number of thiophene rings is 1. The molecule has 0 unspecified atom stereocenters. The second kappa shape index (κ2) is 6.20. The van der Waals surface area contributed by atoms with Gasteiger partial charge in [0.1, 0.15) is 6.07 Å². The minimum atomic E-state index is 0.646. The third-order valence-electron chi connectivity index (χ3n) is 2.25. The highest BCUT2D eigenvalue weighted by Gasteiger charge is 2.06. The van der Waals surface area contributed by atoms with Crippen molar-refractivity contribution >= 4 is 64.8 Å². The highest BCUT2D eigenvalue weighted by atomic mass is 79.9. The summed E-state index contributed by atoms with van der Waals surface area (Å²) in [6.45, 7) is 0.694. The molecule has 1 aromatic heterocycles. The molecule has 0 radical (unpaired) electrons. The average Bonchev–Trinajstić information content (AvgIpc) is 2.66. The molecule has 6 heteroatoms. The number of nitrogens with one attached hydrogen (secondary N) is 1. The van der Waals surface area contributed by atoms with Crippen molar-refractivity contribution in [2.45, 2.75) is 6.54 Å². The predicted molar refractivity (Wildman–Crippen MR) is 85.9 cm³/mol. The molecule has 2 aromatic rings. The Bertz CT molecular complexity index is 597. The number of halogens is 3. The maximum Gasteiger partial charge on any atom is 0.101 e. The van der Waals surface area contributed by atoms with Gasteiger partial charge in [-0.25, -0.2) is 0 Å². The molecule has 18 heavy (non-hydrogen) atoms. The Labute approximate surface area is 134 Å². The molecule has 2 rings (SSSR count). The van der Waals surface area contributed by atoms with E-state index in [-0.39, 0.29) is 0 Å². The summed E-state index contributed by atoms with van der Waals surface area (Å²) in [5.41, 5.74) is 1.49. The minimum Gasteiger partial charge on any atom is -0.379 e. The van der Waals surface area contributed by atoms with Gasteiger partial charge in [0.15, 0.2) is 0 Å². The Hall–Kier alpha value is -0.350. The van der Waals surface area contributed by atoms with Crippen molar-refractivity contribution in [1.82, 2.24) is 0 Å². The fourth-order valence-electron chi connectivity index (χ4n) is 1.42. The van der Waals surface area contributed by atoms with Crippen LogP contribution in [0.5, 0.6) is 0 Å². The van der Waals surface area contributed by atoms with Gasteiger partial charge in [-0.05, 0) is 56.1 Å². The van der Waals surface area contributed by atoms with Gasteiger partial charge in [0, 0.05) is 20.4 Å². The van der Waals surface area contributed by atoms with Gasteiger partial charge in [0.05, 0.1) is 15.0 Å². The van der Waals surface area contributed by atoms with E-state index < -0.39 is 0 Å². The van der Waals surface area contributed by atoms with Crippen LogP contribution in [0.25, 0.3) is 0 Å². The fourth-order valence-corrected chi connectivity index (χ4v) is 3.90. The van der Waals surface area contributed by atoms with Gasteiger partial charge in [-0.1, -0.05) is 15.9 Å². The molecule has 1 aromatic carbocycles. The van der Waals surface area contributed by atoms with E-state index in [1.807, 2.05) is 12.1 Å². The second-order valence-electron chi connectivity index (χ2n) is 3.49. The first-order valence-corrected chi connectivity index (χ1v) is 8.17. The summed E-state index contributed by atoms with van der Waals surface area (Å²) >= 11 is 12.0. The van der Waals surface area contributed by atoms with E-state index in [1.54, 1.807) is 17.4 Å². The summed E-state index contributed by atoms with van der Waals surface area (Å²) in [5, 5.41) is 12.3. The summed E-state index contributed by atoms with van der Waals surface area (Å²) in [7, 11) is 0. The number of nitriles is 1. The lowest BCUT2D eigenvalue weighted by Gasteiger charge is -2.07. The third kappa shape index (κ3) is 3.35. The Balaban J connectivity index is 2.15. The molecule has 0 amide bonds. The lowest BCUT2D eigenvalue weighted by atomic mass is 10.2. The fraction of sp³-hybridized carbons (Fsp3) is 0.0833. The summed E-state index contributed by atoms with van der Waals surface area (Å²) < 4.78 is 3.09. The van der Waals surface area contributed by atoms with E-state index in [0.29, 0.717) is 12.1 Å². The molecule has 1 N–H and O–H groups in total. The van der Waals surface area contributed by atoms with Gasteiger partial charge < -0.3 is 5.32 Å². The Morgan fingerprint density at radius 2 is 2.00 bits per heavy atom. The molecular formula is C12H7Br3N2S. The van der Waals surface area contributed by atoms with Crippen LogP contribution in [-0.2, 0) is 6.54 Å². The Kier molecular flexibility index (Phi) is 4.84. The lowest BCUT2D eigenvalue weighted by Crippen LogP contribution is -1.99. The van der Waals surface area contributed by atoms with Crippen LogP contribution in [0.4, 0.5) is 5.69 Å². The molecule has 0 saturated heterocycles. The standard InChI is InChI=1S/C12H7Br3N2S/c13-8-2-1-7(5-16)11(3-8)17-6-9-4-10(14)12(15)18-9/h1-4,17H,6H2. The van der Waals surface area contributed by atoms with Crippen LogP contribution >= 0.6 is 59.1 Å². The maximum absolute atomic E-state index is 9.04. The molecule has 0 bridgehead atoms. The van der Waals surface area contributed by atoms with E-state index >= 15 is 0 Å². The van der Waals surface area contributed by atoms with Gasteiger partial charge >= 0.3 is 0 Å². The van der Waals surface area contributed by atoms with E-state index in [4.69, 9.17) is 5.26 Å². The van der Waals surface area contributed by atoms with Crippen LogP contribution in [0.3, 0.4) is 0 Å². The van der Waals surface area contributed by atoms with E-state index in [1.165, 1.54) is 4.88 Å². The summed E-state index contributed by atoms with van der Waals surface area (Å²) in [6, 6.07) is 9.81. The quantitative estimate of drug-likeness (QED) is 0.668. The summed E-state index contributed by atoms with van der Waals surface area (Å²) in [4.78, 5) is 1.19. The smallest absolute Gasteiger partial charge is 0.101 e. The van der Waals surface area contributed by atoms with Crippen LogP contribution in [0, 0.1) is 11.3 Å². The van der Waals surface area contributed by atoms with Crippen molar-refractivity contribution in [2.24, 2.45) is 0 Å². The molecule has 92 valence electrons. The van der Waals surface area contributed by atoms with Crippen molar-refractivity contribution in [2.75, 3.05) is 5.32 Å². The largest absolute Gasteiger partial charge is 0.379 e. The van der Waals surface area contributed by atoms with Gasteiger partial charge in [0.25, 0.3) is 0 Å². The monoisotopic (exact) mass is 448 g/mol. The highest BCUT2D eigenvalue weighted by molar-refractivity contribution is 9.13. The SMILES string of the molecule is N#Cc1ccc(Br)cc1NCc1cc(Br)c(Br)s1. The van der Waals surface area contributed by atoms with Crippen molar-refractivity contribution in [3.8, 4) is 6.07 Å². The molecule has 1 heterocycles. The van der Waals surface area contributed by atoms with Crippen LogP contribution in [0.15, 0.2) is 37.0 Å². The van der Waals surface area contributed by atoms with E-state index in [2.05, 4.69) is 65.2 Å². The predicted octanol–water partition coefficient (Wildman–Crippen LogP) is 5.52. The van der Waals surface area contributed by atoms with Gasteiger partial charge in [-0.15, -0.1) is 11.3 Å². The number of rotatable bonds is 3. The molecule has 0 fully saturated rings. The summed E-state index contributed by atoms with van der Waals surface area (Å²) in [6.07, 6.45) is 0. The van der Waals surface area contributed by atoms with Crippen LogP contribution < -0.4 is 5.32 Å². The van der Waals surface area contributed by atoms with Gasteiger partial charge in [0.2, 0.25) is 0 Å². The zero-order valence-corrected chi connectivity index (χ0v) is 14.6. The molecule has 0 saturated carbocycles. The number of hydrogen-bond donors (Lipinski definition) is 1. The number of hydrogen-bond acceptors (Lipinski definition) is 3. The van der Waals surface area contributed by atoms with Gasteiger partial charge in [-0.3, -0.25) is 0 Å². The van der Waals surface area contributed by atoms with Crippen molar-refractivity contribution in [3.05, 3.63) is 47.4 Å². The highest BCUT2D eigenvalue weighted by Crippen LogP contribution is 2.33. The summed E-state index contributed by atoms with van der Waals surface area (Å²) in [5.74, 6) is 0.